The Hall–Kier alpha value is -0.610. The van der Waals surface area contributed by atoms with Crippen LogP contribution in [-0.4, -0.2) is 34.9 Å². The Bertz CT molecular complexity index is 282. The van der Waals surface area contributed by atoms with E-state index in [1.807, 2.05) is 0 Å². The van der Waals surface area contributed by atoms with Gasteiger partial charge in [0.1, 0.15) is 0 Å². The lowest BCUT2D eigenvalue weighted by molar-refractivity contribution is -0.143. The van der Waals surface area contributed by atoms with Gasteiger partial charge in [0, 0.05) is 12.6 Å². The van der Waals surface area contributed by atoms with E-state index in [1.54, 1.807) is 0 Å². The largest absolute Gasteiger partial charge is 0.481 e. The Morgan fingerprint density at radius 2 is 1.89 bits per heavy atom. The first-order chi connectivity index (χ1) is 8.66. The summed E-state index contributed by atoms with van der Waals surface area (Å²) in [4.78, 5) is 11.0. The third kappa shape index (κ3) is 3.69. The third-order valence-electron chi connectivity index (χ3n) is 4.56. The van der Waals surface area contributed by atoms with Crippen molar-refractivity contribution in [1.29, 1.82) is 0 Å². The van der Waals surface area contributed by atoms with Crippen LogP contribution in [0.4, 0.5) is 0 Å². The van der Waals surface area contributed by atoms with E-state index < -0.39 is 5.97 Å². The normalized spacial score (nSPS) is 37.4. The van der Waals surface area contributed by atoms with Gasteiger partial charge in [-0.3, -0.25) is 4.79 Å². The molecule has 18 heavy (non-hydrogen) atoms. The average molecular weight is 255 g/mol. The molecule has 0 spiro atoms. The molecule has 2 aliphatic rings. The fourth-order valence-electron chi connectivity index (χ4n) is 3.34. The summed E-state index contributed by atoms with van der Waals surface area (Å²) in [6, 6.07) is 0.328. The van der Waals surface area contributed by atoms with Crippen molar-refractivity contribution < 1.29 is 15.0 Å². The topological polar surface area (TPSA) is 69.6 Å². The van der Waals surface area contributed by atoms with Gasteiger partial charge in [-0.15, -0.1) is 0 Å². The maximum Gasteiger partial charge on any atom is 0.306 e. The summed E-state index contributed by atoms with van der Waals surface area (Å²) >= 11 is 0. The first-order valence-electron chi connectivity index (χ1n) is 7.31. The summed E-state index contributed by atoms with van der Waals surface area (Å²) in [5, 5.41) is 22.4. The number of carboxylic acids is 1. The lowest BCUT2D eigenvalue weighted by Crippen LogP contribution is -2.41. The van der Waals surface area contributed by atoms with E-state index >= 15 is 0 Å². The second kappa shape index (κ2) is 6.53. The number of carbonyl (C=O) groups is 1. The van der Waals surface area contributed by atoms with Gasteiger partial charge in [0.05, 0.1) is 12.0 Å². The van der Waals surface area contributed by atoms with E-state index in [-0.39, 0.29) is 12.0 Å². The minimum absolute atomic E-state index is 0.162. The number of aliphatic hydroxyl groups excluding tert-OH is 1. The van der Waals surface area contributed by atoms with E-state index in [0.717, 1.165) is 51.5 Å². The van der Waals surface area contributed by atoms with Crippen LogP contribution in [0, 0.1) is 11.8 Å². The first kappa shape index (κ1) is 13.8. The predicted molar refractivity (Wildman–Crippen MR) is 69.3 cm³/mol. The molecule has 4 nitrogen and oxygen atoms in total. The van der Waals surface area contributed by atoms with Crippen LogP contribution in [0.3, 0.4) is 0 Å². The molecule has 0 heterocycles. The maximum atomic E-state index is 11.0. The van der Waals surface area contributed by atoms with Gasteiger partial charge in [-0.25, -0.2) is 0 Å². The summed E-state index contributed by atoms with van der Waals surface area (Å²) < 4.78 is 0. The number of nitrogens with one attached hydrogen (secondary N) is 1. The summed E-state index contributed by atoms with van der Waals surface area (Å²) in [7, 11) is 0. The SMILES string of the molecule is O=C(O)C1CCCC(NCC2CCCCC2O)C1. The quantitative estimate of drug-likeness (QED) is 0.716. The summed E-state index contributed by atoms with van der Waals surface area (Å²) in [6.07, 6.45) is 7.86. The van der Waals surface area contributed by atoms with Crippen molar-refractivity contribution in [1.82, 2.24) is 5.32 Å². The molecule has 2 saturated carbocycles. The third-order valence-corrected chi connectivity index (χ3v) is 4.56. The molecule has 0 aromatic heterocycles. The lowest BCUT2D eigenvalue weighted by Gasteiger charge is -2.32. The second-order valence-electron chi connectivity index (χ2n) is 5.92. The van der Waals surface area contributed by atoms with Gasteiger partial charge in [0.2, 0.25) is 0 Å². The molecular weight excluding hydrogens is 230 g/mol. The van der Waals surface area contributed by atoms with Gasteiger partial charge < -0.3 is 15.5 Å². The highest BCUT2D eigenvalue weighted by molar-refractivity contribution is 5.70. The molecule has 0 radical (unpaired) electrons. The van der Waals surface area contributed by atoms with Crippen LogP contribution in [0.25, 0.3) is 0 Å². The fourth-order valence-corrected chi connectivity index (χ4v) is 3.34. The van der Waals surface area contributed by atoms with E-state index in [0.29, 0.717) is 12.0 Å². The molecule has 0 aliphatic heterocycles. The summed E-state index contributed by atoms with van der Waals surface area (Å²) in [6.45, 7) is 0.845. The van der Waals surface area contributed by atoms with Gasteiger partial charge in [-0.1, -0.05) is 19.3 Å². The van der Waals surface area contributed by atoms with Gasteiger partial charge in [0.25, 0.3) is 0 Å². The zero-order valence-electron chi connectivity index (χ0n) is 11.0. The van der Waals surface area contributed by atoms with Gasteiger partial charge in [-0.2, -0.15) is 0 Å². The van der Waals surface area contributed by atoms with Crippen LogP contribution in [0.2, 0.25) is 0 Å². The minimum Gasteiger partial charge on any atom is -0.481 e. The van der Waals surface area contributed by atoms with E-state index in [2.05, 4.69) is 5.32 Å². The molecule has 2 rings (SSSR count). The van der Waals surface area contributed by atoms with E-state index in [9.17, 15) is 9.90 Å². The van der Waals surface area contributed by atoms with Gasteiger partial charge in [0.15, 0.2) is 0 Å². The molecule has 0 aromatic rings. The molecule has 4 atom stereocenters. The number of rotatable bonds is 4. The number of aliphatic carboxylic acids is 1. The lowest BCUT2D eigenvalue weighted by atomic mass is 9.84. The molecule has 4 unspecified atom stereocenters. The van der Waals surface area contributed by atoms with Crippen molar-refractivity contribution >= 4 is 5.97 Å². The number of hydrogen-bond donors (Lipinski definition) is 3. The van der Waals surface area contributed by atoms with Crippen LogP contribution < -0.4 is 5.32 Å². The molecule has 0 amide bonds. The highest BCUT2D eigenvalue weighted by atomic mass is 16.4. The highest BCUT2D eigenvalue weighted by Crippen LogP contribution is 2.27. The predicted octanol–water partition coefficient (Wildman–Crippen LogP) is 1.77. The number of aliphatic hydroxyl groups is 1. The second-order valence-corrected chi connectivity index (χ2v) is 5.92. The molecular formula is C14H25NO3. The number of carboxylic acid groups (broad SMARTS) is 1. The van der Waals surface area contributed by atoms with Crippen molar-refractivity contribution in [3.05, 3.63) is 0 Å². The van der Waals surface area contributed by atoms with Crippen molar-refractivity contribution in [2.75, 3.05) is 6.54 Å². The molecule has 2 fully saturated rings. The Labute approximate surface area is 109 Å². The maximum absolute atomic E-state index is 11.0. The molecule has 3 N–H and O–H groups in total. The Morgan fingerprint density at radius 1 is 1.11 bits per heavy atom. The molecule has 104 valence electrons. The Morgan fingerprint density at radius 3 is 2.61 bits per heavy atom. The number of hydrogen-bond acceptors (Lipinski definition) is 3. The Kier molecular flexibility index (Phi) is 5.01. The Balaban J connectivity index is 1.74. The summed E-state index contributed by atoms with van der Waals surface area (Å²) in [5.74, 6) is -0.462. The van der Waals surface area contributed by atoms with Crippen molar-refractivity contribution in [2.45, 2.75) is 63.5 Å². The van der Waals surface area contributed by atoms with Crippen LogP contribution in [0.5, 0.6) is 0 Å². The minimum atomic E-state index is -0.654. The van der Waals surface area contributed by atoms with E-state index in [1.165, 1.54) is 6.42 Å². The van der Waals surface area contributed by atoms with Gasteiger partial charge >= 0.3 is 5.97 Å². The van der Waals surface area contributed by atoms with Crippen LogP contribution >= 0.6 is 0 Å². The van der Waals surface area contributed by atoms with Crippen LogP contribution in [0.15, 0.2) is 0 Å². The molecule has 0 saturated heterocycles. The molecule has 0 bridgehead atoms. The highest BCUT2D eigenvalue weighted by Gasteiger charge is 2.28. The van der Waals surface area contributed by atoms with E-state index in [4.69, 9.17) is 5.11 Å². The van der Waals surface area contributed by atoms with Gasteiger partial charge in [-0.05, 0) is 38.0 Å². The van der Waals surface area contributed by atoms with Crippen molar-refractivity contribution in [3.8, 4) is 0 Å². The average Bonchev–Trinajstić information content (AvgIpc) is 2.38. The van der Waals surface area contributed by atoms with Crippen LogP contribution in [-0.2, 0) is 4.79 Å². The molecule has 2 aliphatic carbocycles. The summed E-state index contributed by atoms with van der Waals surface area (Å²) in [5.41, 5.74) is 0. The molecule has 0 aromatic carbocycles. The van der Waals surface area contributed by atoms with Crippen molar-refractivity contribution in [3.63, 3.8) is 0 Å². The monoisotopic (exact) mass is 255 g/mol. The zero-order chi connectivity index (χ0) is 13.0. The van der Waals surface area contributed by atoms with Crippen molar-refractivity contribution in [2.24, 2.45) is 11.8 Å². The standard InChI is InChI=1S/C14H25NO3/c16-13-7-2-1-4-11(13)9-15-12-6-3-5-10(8-12)14(17)18/h10-13,15-16H,1-9H2,(H,17,18). The fraction of sp³-hybridized carbons (Fsp3) is 0.929. The van der Waals surface area contributed by atoms with Crippen LogP contribution in [0.1, 0.15) is 51.4 Å². The first-order valence-corrected chi connectivity index (χ1v) is 7.31. The smallest absolute Gasteiger partial charge is 0.306 e. The molecule has 4 heteroatoms. The zero-order valence-corrected chi connectivity index (χ0v) is 11.0.